The van der Waals surface area contributed by atoms with E-state index in [4.69, 9.17) is 17.0 Å². The average Bonchev–Trinajstić information content (AvgIpc) is 2.83. The Bertz CT molecular complexity index is 686. The number of morpholine rings is 1. The number of carbonyl (C=O) groups excluding carboxylic acids is 1. The minimum Gasteiger partial charge on any atom is -0.370 e. The Hall–Kier alpha value is -1.21. The molecule has 0 saturated carbocycles. The van der Waals surface area contributed by atoms with E-state index in [2.05, 4.69) is 45.0 Å². The highest BCUT2D eigenvalue weighted by atomic mass is 32.2. The van der Waals surface area contributed by atoms with Crippen LogP contribution in [0, 0.1) is 0 Å². The molecule has 1 amide bonds. The molecule has 25 heavy (non-hydrogen) atoms. The van der Waals surface area contributed by atoms with Crippen LogP contribution in [0.25, 0.3) is 6.08 Å². The first-order valence-electron chi connectivity index (χ1n) is 8.62. The lowest BCUT2D eigenvalue weighted by Gasteiger charge is -2.27. The lowest BCUT2D eigenvalue weighted by molar-refractivity contribution is -0.914. The van der Waals surface area contributed by atoms with Crippen LogP contribution in [-0.4, -0.2) is 48.1 Å². The SMILES string of the molecule is CC(C)(C)c1ccc(/C=C2\SC(=S)N(C[NH+]3CCOCC3)C2=O)cc1. The van der Waals surface area contributed by atoms with E-state index in [1.807, 2.05) is 6.08 Å². The minimum absolute atomic E-state index is 0.0221. The highest BCUT2D eigenvalue weighted by Crippen LogP contribution is 2.32. The zero-order valence-electron chi connectivity index (χ0n) is 15.0. The van der Waals surface area contributed by atoms with E-state index < -0.39 is 0 Å². The molecular weight excluding hydrogens is 352 g/mol. The molecule has 1 aromatic carbocycles. The predicted octanol–water partition coefficient (Wildman–Crippen LogP) is 2.06. The number of hydrogen-bond donors (Lipinski definition) is 1. The van der Waals surface area contributed by atoms with E-state index in [0.29, 0.717) is 15.9 Å². The van der Waals surface area contributed by atoms with Crippen molar-refractivity contribution in [2.24, 2.45) is 0 Å². The van der Waals surface area contributed by atoms with Gasteiger partial charge in [0, 0.05) is 0 Å². The van der Waals surface area contributed by atoms with Crippen molar-refractivity contribution >= 4 is 40.3 Å². The van der Waals surface area contributed by atoms with Gasteiger partial charge >= 0.3 is 0 Å². The zero-order chi connectivity index (χ0) is 18.0. The summed E-state index contributed by atoms with van der Waals surface area (Å²) >= 11 is 6.83. The molecule has 0 aliphatic carbocycles. The van der Waals surface area contributed by atoms with Gasteiger partial charge in [0.05, 0.1) is 18.1 Å². The third kappa shape index (κ3) is 4.50. The summed E-state index contributed by atoms with van der Waals surface area (Å²) in [6, 6.07) is 8.40. The van der Waals surface area contributed by atoms with E-state index in [1.54, 1.807) is 4.90 Å². The molecule has 0 radical (unpaired) electrons. The molecule has 6 heteroatoms. The predicted molar refractivity (Wildman–Crippen MR) is 107 cm³/mol. The summed E-state index contributed by atoms with van der Waals surface area (Å²) < 4.78 is 6.03. The highest BCUT2D eigenvalue weighted by molar-refractivity contribution is 8.26. The number of ether oxygens (including phenoxy) is 1. The van der Waals surface area contributed by atoms with E-state index >= 15 is 0 Å². The Morgan fingerprint density at radius 3 is 2.48 bits per heavy atom. The number of quaternary nitrogens is 1. The normalized spacial score (nSPS) is 21.4. The molecule has 1 aromatic rings. The number of amides is 1. The second-order valence-electron chi connectivity index (χ2n) is 7.50. The van der Waals surface area contributed by atoms with E-state index in [-0.39, 0.29) is 11.3 Å². The molecule has 0 spiro atoms. The van der Waals surface area contributed by atoms with Gasteiger partial charge in [-0.3, -0.25) is 4.79 Å². The van der Waals surface area contributed by atoms with Crippen molar-refractivity contribution in [3.8, 4) is 0 Å². The number of benzene rings is 1. The van der Waals surface area contributed by atoms with Crippen LogP contribution in [0.15, 0.2) is 29.2 Å². The summed E-state index contributed by atoms with van der Waals surface area (Å²) in [5, 5.41) is 0. The summed E-state index contributed by atoms with van der Waals surface area (Å²) in [5.74, 6) is 0.0221. The number of hydrogen-bond acceptors (Lipinski definition) is 4. The Labute approximate surface area is 159 Å². The molecule has 4 nitrogen and oxygen atoms in total. The van der Waals surface area contributed by atoms with E-state index in [0.717, 1.165) is 31.9 Å². The first-order valence-corrected chi connectivity index (χ1v) is 9.84. The second-order valence-corrected chi connectivity index (χ2v) is 9.18. The van der Waals surface area contributed by atoms with Crippen LogP contribution in [0.2, 0.25) is 0 Å². The molecule has 2 saturated heterocycles. The van der Waals surface area contributed by atoms with Gasteiger partial charge in [-0.1, -0.05) is 69.0 Å². The molecule has 0 unspecified atom stereocenters. The van der Waals surface area contributed by atoms with Crippen LogP contribution in [-0.2, 0) is 14.9 Å². The topological polar surface area (TPSA) is 34.0 Å². The lowest BCUT2D eigenvalue weighted by atomic mass is 9.87. The van der Waals surface area contributed by atoms with Gasteiger partial charge in [-0.25, -0.2) is 4.90 Å². The minimum atomic E-state index is 0.0221. The number of thiocarbonyl (C=S) groups is 1. The summed E-state index contributed by atoms with van der Waals surface area (Å²) in [4.78, 5) is 16.5. The molecule has 0 bridgehead atoms. The molecule has 0 aromatic heterocycles. The van der Waals surface area contributed by atoms with Gasteiger partial charge in [-0.05, 0) is 22.6 Å². The van der Waals surface area contributed by atoms with Crippen LogP contribution in [0.3, 0.4) is 0 Å². The molecule has 2 aliphatic rings. The van der Waals surface area contributed by atoms with Crippen LogP contribution >= 0.6 is 24.0 Å². The third-order valence-electron chi connectivity index (χ3n) is 4.53. The van der Waals surface area contributed by atoms with Crippen molar-refractivity contribution in [1.29, 1.82) is 0 Å². The number of rotatable bonds is 3. The smallest absolute Gasteiger partial charge is 0.270 e. The van der Waals surface area contributed by atoms with E-state index in [1.165, 1.54) is 22.2 Å². The van der Waals surface area contributed by atoms with Crippen LogP contribution in [0.4, 0.5) is 0 Å². The molecule has 2 aliphatic heterocycles. The molecule has 2 fully saturated rings. The fourth-order valence-electron chi connectivity index (χ4n) is 2.91. The van der Waals surface area contributed by atoms with Crippen LogP contribution < -0.4 is 4.90 Å². The summed E-state index contributed by atoms with van der Waals surface area (Å²) in [6.45, 7) is 10.6. The summed E-state index contributed by atoms with van der Waals surface area (Å²) in [7, 11) is 0. The number of nitrogens with zero attached hydrogens (tertiary/aromatic N) is 1. The third-order valence-corrected chi connectivity index (χ3v) is 5.91. The maximum atomic E-state index is 12.7. The van der Waals surface area contributed by atoms with Gasteiger partial charge in [0.2, 0.25) is 0 Å². The molecular formula is C19H25N2O2S2+. The van der Waals surface area contributed by atoms with Crippen LogP contribution in [0.1, 0.15) is 31.9 Å². The van der Waals surface area contributed by atoms with Crippen molar-refractivity contribution in [3.63, 3.8) is 0 Å². The molecule has 134 valence electrons. The van der Waals surface area contributed by atoms with Crippen molar-refractivity contribution in [2.45, 2.75) is 26.2 Å². The first kappa shape index (κ1) is 18.6. The van der Waals surface area contributed by atoms with Crippen molar-refractivity contribution in [2.75, 3.05) is 33.0 Å². The number of carbonyl (C=O) groups is 1. The number of thioether (sulfide) groups is 1. The van der Waals surface area contributed by atoms with E-state index in [9.17, 15) is 4.79 Å². The van der Waals surface area contributed by atoms with Crippen LogP contribution in [0.5, 0.6) is 0 Å². The standard InChI is InChI=1S/C19H24N2O2S2/c1-19(2,3)15-6-4-14(5-7-15)12-16-17(22)21(18(24)25-16)13-20-8-10-23-11-9-20/h4-7,12H,8-11,13H2,1-3H3/p+1/b16-12-. The zero-order valence-corrected chi connectivity index (χ0v) is 16.6. The first-order chi connectivity index (χ1) is 11.8. The molecule has 2 heterocycles. The quantitative estimate of drug-likeness (QED) is 0.646. The molecule has 0 atom stereocenters. The summed E-state index contributed by atoms with van der Waals surface area (Å²) in [6.07, 6.45) is 1.94. The Kier molecular flexibility index (Phi) is 5.63. The number of nitrogens with one attached hydrogen (secondary N) is 1. The maximum absolute atomic E-state index is 12.7. The van der Waals surface area contributed by atoms with Crippen molar-refractivity contribution in [1.82, 2.24) is 4.90 Å². The second kappa shape index (κ2) is 7.58. The monoisotopic (exact) mass is 377 g/mol. The fourth-order valence-corrected chi connectivity index (χ4v) is 4.16. The highest BCUT2D eigenvalue weighted by Gasteiger charge is 2.35. The molecule has 1 N–H and O–H groups in total. The van der Waals surface area contributed by atoms with Crippen molar-refractivity contribution in [3.05, 3.63) is 40.3 Å². The van der Waals surface area contributed by atoms with Gasteiger partial charge < -0.3 is 9.64 Å². The Balaban J connectivity index is 1.71. The van der Waals surface area contributed by atoms with Gasteiger partial charge in [0.15, 0.2) is 11.0 Å². The van der Waals surface area contributed by atoms with Gasteiger partial charge in [0.25, 0.3) is 5.91 Å². The summed E-state index contributed by atoms with van der Waals surface area (Å²) in [5.41, 5.74) is 2.45. The van der Waals surface area contributed by atoms with Crippen molar-refractivity contribution < 1.29 is 14.4 Å². The van der Waals surface area contributed by atoms with Gasteiger partial charge in [0.1, 0.15) is 13.1 Å². The lowest BCUT2D eigenvalue weighted by Crippen LogP contribution is -3.15. The average molecular weight is 378 g/mol. The molecule has 3 rings (SSSR count). The largest absolute Gasteiger partial charge is 0.370 e. The Morgan fingerprint density at radius 2 is 1.88 bits per heavy atom. The maximum Gasteiger partial charge on any atom is 0.270 e. The van der Waals surface area contributed by atoms with Gasteiger partial charge in [-0.15, -0.1) is 0 Å². The Morgan fingerprint density at radius 1 is 1.24 bits per heavy atom. The fraction of sp³-hybridized carbons (Fsp3) is 0.474. The van der Waals surface area contributed by atoms with Gasteiger partial charge in [-0.2, -0.15) is 0 Å².